The summed E-state index contributed by atoms with van der Waals surface area (Å²) in [4.78, 5) is 19.7. The van der Waals surface area contributed by atoms with Gasteiger partial charge >= 0.3 is 0 Å². The van der Waals surface area contributed by atoms with E-state index in [1.165, 1.54) is 0 Å². The maximum Gasteiger partial charge on any atom is 0.233 e. The number of hydrogen-bond donors (Lipinski definition) is 2. The number of nitrogens with zero attached hydrogens (tertiary/aromatic N) is 2. The summed E-state index contributed by atoms with van der Waals surface area (Å²) < 4.78 is 0. The first-order chi connectivity index (χ1) is 9.00. The molecule has 5 nitrogen and oxygen atoms in total. The molecule has 0 radical (unpaired) electrons. The minimum Gasteiger partial charge on any atom is -0.366 e. The van der Waals surface area contributed by atoms with Crippen molar-refractivity contribution in [2.75, 3.05) is 44.7 Å². The Morgan fingerprint density at radius 3 is 2.68 bits per heavy atom. The number of piperazine rings is 1. The Kier molecular flexibility index (Phi) is 4.27. The van der Waals surface area contributed by atoms with E-state index in [1.54, 1.807) is 4.90 Å². The Morgan fingerprint density at radius 2 is 2.11 bits per heavy atom. The molecule has 0 aliphatic carbocycles. The summed E-state index contributed by atoms with van der Waals surface area (Å²) in [6, 6.07) is 1.92. The predicted octanol–water partition coefficient (Wildman–Crippen LogP) is 0.909. The van der Waals surface area contributed by atoms with Crippen molar-refractivity contribution in [1.29, 1.82) is 0 Å². The second kappa shape index (κ2) is 5.75. The van der Waals surface area contributed by atoms with Crippen LogP contribution < -0.4 is 10.2 Å². The molecule has 1 aliphatic rings. The third kappa shape index (κ3) is 3.36. The van der Waals surface area contributed by atoms with E-state index in [-0.39, 0.29) is 11.3 Å². The van der Waals surface area contributed by atoms with E-state index in [0.29, 0.717) is 0 Å². The van der Waals surface area contributed by atoms with E-state index in [1.807, 2.05) is 39.4 Å². The van der Waals surface area contributed by atoms with Crippen molar-refractivity contribution >= 4 is 11.6 Å². The summed E-state index contributed by atoms with van der Waals surface area (Å²) in [6.07, 6.45) is 3.68. The van der Waals surface area contributed by atoms with Gasteiger partial charge in [0.15, 0.2) is 0 Å². The summed E-state index contributed by atoms with van der Waals surface area (Å²) in [7, 11) is 1.84. The predicted molar refractivity (Wildman–Crippen MR) is 77.3 cm³/mol. The van der Waals surface area contributed by atoms with Crippen LogP contribution in [0.4, 0.5) is 5.69 Å². The van der Waals surface area contributed by atoms with Gasteiger partial charge in [-0.15, -0.1) is 0 Å². The number of nitrogens with one attached hydrogen (secondary N) is 2. The molecule has 0 bridgehead atoms. The van der Waals surface area contributed by atoms with Crippen LogP contribution in [0.2, 0.25) is 0 Å². The molecular formula is C14H24N4O. The molecule has 106 valence electrons. The van der Waals surface area contributed by atoms with Gasteiger partial charge in [-0.25, -0.2) is 0 Å². The van der Waals surface area contributed by atoms with Crippen molar-refractivity contribution in [3.8, 4) is 0 Å². The molecule has 0 saturated carbocycles. The molecule has 0 spiro atoms. The van der Waals surface area contributed by atoms with Gasteiger partial charge in [0.1, 0.15) is 0 Å². The van der Waals surface area contributed by atoms with Gasteiger partial charge in [-0.1, -0.05) is 0 Å². The highest BCUT2D eigenvalue weighted by atomic mass is 16.2. The lowest BCUT2D eigenvalue weighted by molar-refractivity contribution is -0.127. The number of carbonyl (C=O) groups is 1. The topological polar surface area (TPSA) is 51.4 Å². The molecule has 19 heavy (non-hydrogen) atoms. The van der Waals surface area contributed by atoms with Crippen molar-refractivity contribution < 1.29 is 4.79 Å². The molecule has 1 aromatic heterocycles. The van der Waals surface area contributed by atoms with E-state index < -0.39 is 0 Å². The second-order valence-corrected chi connectivity index (χ2v) is 5.84. The minimum atomic E-state index is -0.372. The number of hydrogen-bond acceptors (Lipinski definition) is 3. The number of carbonyl (C=O) groups excluding carboxylic acids is 1. The van der Waals surface area contributed by atoms with Gasteiger partial charge in [0.25, 0.3) is 0 Å². The number of aromatic amines is 1. The van der Waals surface area contributed by atoms with E-state index in [0.717, 1.165) is 38.4 Å². The number of amides is 1. The molecule has 1 fully saturated rings. The number of rotatable bonds is 4. The van der Waals surface area contributed by atoms with Crippen molar-refractivity contribution in [3.05, 3.63) is 18.5 Å². The van der Waals surface area contributed by atoms with E-state index in [9.17, 15) is 4.79 Å². The maximum atomic E-state index is 12.6. The molecule has 1 aliphatic heterocycles. The zero-order valence-electron chi connectivity index (χ0n) is 12.1. The summed E-state index contributed by atoms with van der Waals surface area (Å²) in [6.45, 7) is 8.92. The fraction of sp³-hybridized carbons (Fsp3) is 0.643. The Morgan fingerprint density at radius 1 is 1.42 bits per heavy atom. The van der Waals surface area contributed by atoms with Gasteiger partial charge in [0, 0.05) is 52.2 Å². The molecule has 0 atom stereocenters. The van der Waals surface area contributed by atoms with Gasteiger partial charge in [-0.3, -0.25) is 9.69 Å². The first-order valence-corrected chi connectivity index (χ1v) is 6.85. The molecule has 2 rings (SSSR count). The highest BCUT2D eigenvalue weighted by molar-refractivity contribution is 5.96. The summed E-state index contributed by atoms with van der Waals surface area (Å²) in [5, 5.41) is 3.33. The molecule has 0 unspecified atom stereocenters. The first-order valence-electron chi connectivity index (χ1n) is 6.85. The average Bonchev–Trinajstić information content (AvgIpc) is 2.91. The number of aromatic nitrogens is 1. The zero-order valence-corrected chi connectivity index (χ0v) is 12.1. The second-order valence-electron chi connectivity index (χ2n) is 5.84. The quantitative estimate of drug-likeness (QED) is 0.850. The molecule has 1 aromatic rings. The third-order valence-corrected chi connectivity index (χ3v) is 3.68. The fourth-order valence-corrected chi connectivity index (χ4v) is 2.59. The van der Waals surface area contributed by atoms with Crippen LogP contribution in [0.3, 0.4) is 0 Å². The van der Waals surface area contributed by atoms with Crippen LogP contribution in [0.15, 0.2) is 18.5 Å². The van der Waals surface area contributed by atoms with Crippen LogP contribution in [0.5, 0.6) is 0 Å². The van der Waals surface area contributed by atoms with Gasteiger partial charge in [-0.05, 0) is 19.9 Å². The molecule has 2 N–H and O–H groups in total. The van der Waals surface area contributed by atoms with Crippen LogP contribution in [0.1, 0.15) is 13.8 Å². The Labute approximate surface area is 115 Å². The molecule has 1 saturated heterocycles. The Bertz CT molecular complexity index is 407. The lowest BCUT2D eigenvalue weighted by Crippen LogP contribution is -2.51. The highest BCUT2D eigenvalue weighted by Crippen LogP contribution is 2.23. The van der Waals surface area contributed by atoms with Crippen molar-refractivity contribution in [2.24, 2.45) is 5.41 Å². The molecule has 2 heterocycles. The number of anilines is 1. The van der Waals surface area contributed by atoms with Crippen molar-refractivity contribution in [2.45, 2.75) is 13.8 Å². The lowest BCUT2D eigenvalue weighted by Gasteiger charge is -2.36. The normalized spacial score (nSPS) is 17.4. The largest absolute Gasteiger partial charge is 0.366 e. The zero-order chi connectivity index (χ0) is 13.9. The summed E-state index contributed by atoms with van der Waals surface area (Å²) in [5.41, 5.74) is 0.544. The fourth-order valence-electron chi connectivity index (χ4n) is 2.59. The van der Waals surface area contributed by atoms with Gasteiger partial charge < -0.3 is 15.2 Å². The van der Waals surface area contributed by atoms with Gasteiger partial charge in [-0.2, -0.15) is 0 Å². The van der Waals surface area contributed by atoms with Crippen LogP contribution in [-0.2, 0) is 4.79 Å². The average molecular weight is 264 g/mol. The highest BCUT2D eigenvalue weighted by Gasteiger charge is 2.33. The molecule has 1 amide bonds. The summed E-state index contributed by atoms with van der Waals surface area (Å²) >= 11 is 0. The lowest BCUT2D eigenvalue weighted by atomic mass is 9.90. The SMILES string of the molecule is CN(C(=O)C(C)(C)CN1CCNCC1)c1cc[nH]c1. The maximum absolute atomic E-state index is 12.6. The van der Waals surface area contributed by atoms with Crippen molar-refractivity contribution in [1.82, 2.24) is 15.2 Å². The third-order valence-electron chi connectivity index (χ3n) is 3.68. The van der Waals surface area contributed by atoms with Gasteiger partial charge in [0.2, 0.25) is 5.91 Å². The van der Waals surface area contributed by atoms with Crippen LogP contribution >= 0.6 is 0 Å². The van der Waals surface area contributed by atoms with E-state index in [4.69, 9.17) is 0 Å². The smallest absolute Gasteiger partial charge is 0.233 e. The summed E-state index contributed by atoms with van der Waals surface area (Å²) in [5.74, 6) is 0.158. The minimum absolute atomic E-state index is 0.158. The van der Waals surface area contributed by atoms with Crippen LogP contribution in [-0.4, -0.2) is 55.6 Å². The van der Waals surface area contributed by atoms with E-state index >= 15 is 0 Å². The molecular weight excluding hydrogens is 240 g/mol. The molecule has 0 aromatic carbocycles. The Balaban J connectivity index is 1.99. The number of H-pyrrole nitrogens is 1. The van der Waals surface area contributed by atoms with E-state index in [2.05, 4.69) is 15.2 Å². The van der Waals surface area contributed by atoms with Gasteiger partial charge in [0.05, 0.1) is 11.1 Å². The van der Waals surface area contributed by atoms with Crippen molar-refractivity contribution in [3.63, 3.8) is 0 Å². The monoisotopic (exact) mass is 264 g/mol. The Hall–Kier alpha value is -1.33. The first kappa shape index (κ1) is 14.1. The van der Waals surface area contributed by atoms with Crippen LogP contribution in [0, 0.1) is 5.41 Å². The molecule has 5 heteroatoms. The standard InChI is InChI=1S/C14H24N4O/c1-14(2,11-18-8-6-15-7-9-18)13(19)17(3)12-4-5-16-10-12/h4-5,10,15-16H,6-9,11H2,1-3H3. The van der Waals surface area contributed by atoms with Crippen LogP contribution in [0.25, 0.3) is 0 Å².